The summed E-state index contributed by atoms with van der Waals surface area (Å²) in [5.74, 6) is 0.298. The van der Waals surface area contributed by atoms with Crippen LogP contribution in [0, 0.1) is 0 Å². The molecule has 2 aromatic carbocycles. The quantitative estimate of drug-likeness (QED) is 0.451. The van der Waals surface area contributed by atoms with Crippen molar-refractivity contribution in [2.75, 3.05) is 11.9 Å². The monoisotopic (exact) mass is 451 g/mol. The lowest BCUT2D eigenvalue weighted by molar-refractivity contribution is -0.115. The van der Waals surface area contributed by atoms with E-state index in [2.05, 4.69) is 29.6 Å². The Morgan fingerprint density at radius 1 is 1.10 bits per heavy atom. The summed E-state index contributed by atoms with van der Waals surface area (Å²) in [6.07, 6.45) is 1.65. The van der Waals surface area contributed by atoms with Crippen molar-refractivity contribution >= 4 is 40.0 Å². The molecule has 0 fully saturated rings. The Hall–Kier alpha value is -2.57. The van der Waals surface area contributed by atoms with Gasteiger partial charge in [-0.05, 0) is 48.9 Å². The molecule has 3 aromatic rings. The van der Waals surface area contributed by atoms with Crippen LogP contribution in [0.15, 0.2) is 54.6 Å². The number of thiophene rings is 1. The predicted octanol–water partition coefficient (Wildman–Crippen LogP) is 5.95. The second-order valence-corrected chi connectivity index (χ2v) is 9.77. The lowest BCUT2D eigenvalue weighted by atomic mass is 9.89. The molecule has 1 aromatic heterocycles. The van der Waals surface area contributed by atoms with Crippen LogP contribution in [0.1, 0.15) is 40.9 Å². The van der Waals surface area contributed by atoms with Crippen molar-refractivity contribution in [2.45, 2.75) is 37.7 Å². The number of aryl methyl sites for hydroxylation is 1. The molecule has 1 aliphatic carbocycles. The number of rotatable bonds is 7. The first-order chi connectivity index (χ1) is 15.1. The molecule has 1 N–H and O–H groups in total. The smallest absolute Gasteiger partial charge is 0.341 e. The standard InChI is InChI=1S/C25H25NO3S2/c1-3-29-25(28)21-20-14-13-18-11-7-8-12-19(18)22(20)31-24(21)26-23(27)16(2)30-15-17-9-5-4-6-10-17/h4-12,16H,3,13-15H2,1-2H3,(H,26,27). The molecule has 0 saturated heterocycles. The highest BCUT2D eigenvalue weighted by Crippen LogP contribution is 2.45. The molecule has 1 aliphatic rings. The highest BCUT2D eigenvalue weighted by molar-refractivity contribution is 7.99. The van der Waals surface area contributed by atoms with Gasteiger partial charge >= 0.3 is 5.97 Å². The minimum absolute atomic E-state index is 0.0987. The van der Waals surface area contributed by atoms with Crippen LogP contribution in [0.5, 0.6) is 0 Å². The van der Waals surface area contributed by atoms with E-state index in [1.807, 2.05) is 37.3 Å². The zero-order chi connectivity index (χ0) is 21.8. The molecular weight excluding hydrogens is 426 g/mol. The number of hydrogen-bond acceptors (Lipinski definition) is 5. The van der Waals surface area contributed by atoms with Crippen LogP contribution in [0.2, 0.25) is 0 Å². The van der Waals surface area contributed by atoms with E-state index in [9.17, 15) is 9.59 Å². The number of thioether (sulfide) groups is 1. The van der Waals surface area contributed by atoms with Crippen molar-refractivity contribution < 1.29 is 14.3 Å². The van der Waals surface area contributed by atoms with Crippen molar-refractivity contribution in [3.63, 3.8) is 0 Å². The van der Waals surface area contributed by atoms with Crippen molar-refractivity contribution in [2.24, 2.45) is 0 Å². The molecule has 4 rings (SSSR count). The van der Waals surface area contributed by atoms with Gasteiger partial charge < -0.3 is 10.1 Å². The summed E-state index contributed by atoms with van der Waals surface area (Å²) in [5, 5.41) is 3.38. The van der Waals surface area contributed by atoms with E-state index >= 15 is 0 Å². The number of ether oxygens (including phenoxy) is 1. The molecule has 1 amide bonds. The fraction of sp³-hybridized carbons (Fsp3) is 0.280. The first kappa shape index (κ1) is 21.7. The van der Waals surface area contributed by atoms with Gasteiger partial charge in [0.25, 0.3) is 0 Å². The average Bonchev–Trinajstić information content (AvgIpc) is 3.16. The van der Waals surface area contributed by atoms with Crippen LogP contribution in [0.25, 0.3) is 10.4 Å². The molecule has 1 atom stereocenters. The van der Waals surface area contributed by atoms with Crippen molar-refractivity contribution in [1.29, 1.82) is 0 Å². The third-order valence-electron chi connectivity index (χ3n) is 5.34. The molecule has 160 valence electrons. The van der Waals surface area contributed by atoms with Crippen molar-refractivity contribution in [1.82, 2.24) is 0 Å². The fourth-order valence-corrected chi connectivity index (χ4v) is 5.88. The first-order valence-corrected chi connectivity index (χ1v) is 12.3. The Morgan fingerprint density at radius 2 is 1.84 bits per heavy atom. The van der Waals surface area contributed by atoms with Gasteiger partial charge in [-0.3, -0.25) is 4.79 Å². The third kappa shape index (κ3) is 4.70. The highest BCUT2D eigenvalue weighted by atomic mass is 32.2. The summed E-state index contributed by atoms with van der Waals surface area (Å²) in [7, 11) is 0. The maximum Gasteiger partial charge on any atom is 0.341 e. The normalized spacial score (nSPS) is 13.1. The number of amides is 1. The zero-order valence-corrected chi connectivity index (χ0v) is 19.3. The predicted molar refractivity (Wildman–Crippen MR) is 129 cm³/mol. The summed E-state index contributed by atoms with van der Waals surface area (Å²) >= 11 is 3.06. The van der Waals surface area contributed by atoms with Crippen LogP contribution in [0.3, 0.4) is 0 Å². The summed E-state index contributed by atoms with van der Waals surface area (Å²) in [6.45, 7) is 4.00. The molecular formula is C25H25NO3S2. The minimum Gasteiger partial charge on any atom is -0.462 e. The van der Waals surface area contributed by atoms with Gasteiger partial charge in [-0.15, -0.1) is 23.1 Å². The first-order valence-electron chi connectivity index (χ1n) is 10.5. The van der Waals surface area contributed by atoms with Gasteiger partial charge in [-0.2, -0.15) is 0 Å². The largest absolute Gasteiger partial charge is 0.462 e. The van der Waals surface area contributed by atoms with E-state index in [0.29, 0.717) is 17.2 Å². The summed E-state index contributed by atoms with van der Waals surface area (Å²) < 4.78 is 5.34. The van der Waals surface area contributed by atoms with Gasteiger partial charge in [0.1, 0.15) is 5.00 Å². The number of fused-ring (bicyclic) bond motifs is 3. The molecule has 0 saturated carbocycles. The number of carbonyl (C=O) groups excluding carboxylic acids is 2. The molecule has 0 spiro atoms. The van der Waals surface area contributed by atoms with E-state index in [1.165, 1.54) is 22.5 Å². The van der Waals surface area contributed by atoms with Gasteiger partial charge in [-0.1, -0.05) is 54.6 Å². The second kappa shape index (κ2) is 9.71. The molecule has 1 unspecified atom stereocenters. The van der Waals surface area contributed by atoms with Crippen LogP contribution in [-0.2, 0) is 28.1 Å². The van der Waals surface area contributed by atoms with Gasteiger partial charge in [-0.25, -0.2) is 4.79 Å². The number of hydrogen-bond donors (Lipinski definition) is 1. The fourth-order valence-electron chi connectivity index (χ4n) is 3.73. The summed E-state index contributed by atoms with van der Waals surface area (Å²) in [6, 6.07) is 18.4. The van der Waals surface area contributed by atoms with Crippen LogP contribution >= 0.6 is 23.1 Å². The Kier molecular flexibility index (Phi) is 6.78. The van der Waals surface area contributed by atoms with E-state index in [0.717, 1.165) is 34.6 Å². The van der Waals surface area contributed by atoms with Gasteiger partial charge in [0.15, 0.2) is 0 Å². The Balaban J connectivity index is 1.58. The lowest BCUT2D eigenvalue weighted by Gasteiger charge is -2.16. The zero-order valence-electron chi connectivity index (χ0n) is 17.6. The summed E-state index contributed by atoms with van der Waals surface area (Å²) in [5.41, 5.74) is 5.11. The molecule has 6 heteroatoms. The maximum atomic E-state index is 12.9. The maximum absolute atomic E-state index is 12.9. The van der Waals surface area contributed by atoms with Gasteiger partial charge in [0, 0.05) is 10.6 Å². The molecule has 0 radical (unpaired) electrons. The van der Waals surface area contributed by atoms with Crippen LogP contribution in [0.4, 0.5) is 5.00 Å². The third-order valence-corrected chi connectivity index (χ3v) is 7.74. The topological polar surface area (TPSA) is 55.4 Å². The number of esters is 1. The molecule has 1 heterocycles. The average molecular weight is 452 g/mol. The molecule has 0 bridgehead atoms. The Morgan fingerprint density at radius 3 is 2.61 bits per heavy atom. The van der Waals surface area contributed by atoms with E-state index in [1.54, 1.807) is 18.7 Å². The van der Waals surface area contributed by atoms with E-state index in [-0.39, 0.29) is 17.1 Å². The second-order valence-electron chi connectivity index (χ2n) is 7.42. The van der Waals surface area contributed by atoms with Gasteiger partial charge in [0.2, 0.25) is 5.91 Å². The Labute approximate surface area is 191 Å². The summed E-state index contributed by atoms with van der Waals surface area (Å²) in [4.78, 5) is 26.8. The number of anilines is 1. The number of carbonyl (C=O) groups is 2. The van der Waals surface area contributed by atoms with Crippen molar-refractivity contribution in [3.05, 3.63) is 76.9 Å². The highest BCUT2D eigenvalue weighted by Gasteiger charge is 2.30. The number of benzene rings is 2. The molecule has 0 aliphatic heterocycles. The SMILES string of the molecule is CCOC(=O)c1c(NC(=O)C(C)SCc2ccccc2)sc2c1CCc1ccccc1-2. The van der Waals surface area contributed by atoms with E-state index < -0.39 is 0 Å². The molecule has 31 heavy (non-hydrogen) atoms. The van der Waals surface area contributed by atoms with Crippen molar-refractivity contribution in [3.8, 4) is 10.4 Å². The van der Waals surface area contributed by atoms with Crippen LogP contribution in [-0.4, -0.2) is 23.7 Å². The lowest BCUT2D eigenvalue weighted by Crippen LogP contribution is -2.23. The van der Waals surface area contributed by atoms with Crippen LogP contribution < -0.4 is 5.32 Å². The molecule has 4 nitrogen and oxygen atoms in total. The van der Waals surface area contributed by atoms with E-state index in [4.69, 9.17) is 4.74 Å². The number of nitrogens with one attached hydrogen (secondary N) is 1. The van der Waals surface area contributed by atoms with Gasteiger partial charge in [0.05, 0.1) is 17.4 Å². The Bertz CT molecular complexity index is 1090. The minimum atomic E-state index is -0.362.